The first-order valence-electron chi connectivity index (χ1n) is 7.27. The van der Waals surface area contributed by atoms with E-state index in [9.17, 15) is 9.90 Å². The fourth-order valence-electron chi connectivity index (χ4n) is 3.73. The Hall–Kier alpha value is -0.610. The second kappa shape index (κ2) is 5.57. The number of likely N-dealkylation sites (N-methyl/N-ethyl adjacent to an activating group) is 1. The van der Waals surface area contributed by atoms with Crippen molar-refractivity contribution in [3.8, 4) is 0 Å². The summed E-state index contributed by atoms with van der Waals surface area (Å²) in [4.78, 5) is 13.9. The van der Waals surface area contributed by atoms with Gasteiger partial charge in [-0.25, -0.2) is 0 Å². The van der Waals surface area contributed by atoms with Crippen LogP contribution in [0.4, 0.5) is 0 Å². The van der Waals surface area contributed by atoms with Crippen molar-refractivity contribution in [2.45, 2.75) is 57.0 Å². The molecule has 2 N–H and O–H groups in total. The van der Waals surface area contributed by atoms with E-state index in [0.717, 1.165) is 31.3 Å². The smallest absolute Gasteiger partial charge is 0.323 e. The Bertz CT molecular complexity index is 302. The molecule has 1 aliphatic heterocycles. The van der Waals surface area contributed by atoms with Gasteiger partial charge in [-0.15, -0.1) is 0 Å². The van der Waals surface area contributed by atoms with Gasteiger partial charge in [0.1, 0.15) is 5.54 Å². The summed E-state index contributed by atoms with van der Waals surface area (Å²) in [5, 5.41) is 12.4. The van der Waals surface area contributed by atoms with Crippen molar-refractivity contribution in [3.63, 3.8) is 0 Å². The lowest BCUT2D eigenvalue weighted by atomic mass is 9.90. The zero-order chi connectivity index (χ0) is 13.2. The predicted octanol–water partition coefficient (Wildman–Crippen LogP) is 1.70. The van der Waals surface area contributed by atoms with Crippen molar-refractivity contribution in [1.82, 2.24) is 10.2 Å². The van der Waals surface area contributed by atoms with Crippen molar-refractivity contribution in [1.29, 1.82) is 0 Å². The molecule has 3 atom stereocenters. The molecule has 1 saturated carbocycles. The minimum absolute atomic E-state index is 0.644. The van der Waals surface area contributed by atoms with E-state index < -0.39 is 11.5 Å². The number of likely N-dealkylation sites (tertiary alicyclic amines) is 1. The number of rotatable bonds is 7. The van der Waals surface area contributed by atoms with E-state index >= 15 is 0 Å². The number of piperidine rings is 1. The van der Waals surface area contributed by atoms with E-state index in [-0.39, 0.29) is 0 Å². The Kier molecular flexibility index (Phi) is 4.28. The van der Waals surface area contributed by atoms with Crippen LogP contribution in [0.1, 0.15) is 45.4 Å². The number of hydrogen-bond donors (Lipinski definition) is 2. The number of hydrogen-bond acceptors (Lipinski definition) is 3. The van der Waals surface area contributed by atoms with Crippen LogP contribution in [0.25, 0.3) is 0 Å². The molecule has 1 aliphatic carbocycles. The fourth-order valence-corrected chi connectivity index (χ4v) is 3.73. The Morgan fingerprint density at radius 1 is 1.50 bits per heavy atom. The van der Waals surface area contributed by atoms with Gasteiger partial charge in [-0.2, -0.15) is 0 Å². The zero-order valence-corrected chi connectivity index (χ0v) is 11.6. The van der Waals surface area contributed by atoms with Gasteiger partial charge in [-0.3, -0.25) is 4.79 Å². The summed E-state index contributed by atoms with van der Waals surface area (Å²) < 4.78 is 0. The van der Waals surface area contributed by atoms with Crippen molar-refractivity contribution in [2.24, 2.45) is 5.92 Å². The van der Waals surface area contributed by atoms with E-state index in [2.05, 4.69) is 10.2 Å². The Morgan fingerprint density at radius 2 is 2.28 bits per heavy atom. The maximum atomic E-state index is 11.4. The molecule has 1 saturated heterocycles. The number of carboxylic acid groups (broad SMARTS) is 1. The number of aliphatic carboxylic acids is 1. The molecule has 2 fully saturated rings. The summed E-state index contributed by atoms with van der Waals surface area (Å²) in [6.07, 6.45) is 6.49. The number of nitrogens with one attached hydrogen (secondary N) is 1. The molecular weight excluding hydrogens is 228 g/mol. The molecule has 0 aromatic rings. The molecule has 2 bridgehead atoms. The van der Waals surface area contributed by atoms with Crippen LogP contribution in [-0.2, 0) is 4.79 Å². The molecular formula is C14H26N2O2. The highest BCUT2D eigenvalue weighted by Crippen LogP contribution is 2.37. The van der Waals surface area contributed by atoms with Crippen LogP contribution in [0.3, 0.4) is 0 Å². The monoisotopic (exact) mass is 254 g/mol. The number of carboxylic acids is 1. The first kappa shape index (κ1) is 13.8. The standard InChI is InChI=1S/C14H26N2O2/c1-3-14(15-2,13(17)18)7-4-8-16-10-11-5-6-12(16)9-11/h11-12,15H,3-10H2,1-2H3,(H,17,18). The van der Waals surface area contributed by atoms with Crippen LogP contribution in [0.5, 0.6) is 0 Å². The number of nitrogens with zero attached hydrogens (tertiary/aromatic N) is 1. The highest BCUT2D eigenvalue weighted by atomic mass is 16.4. The lowest BCUT2D eigenvalue weighted by Crippen LogP contribution is -2.50. The third-order valence-electron chi connectivity index (χ3n) is 5.06. The molecule has 4 nitrogen and oxygen atoms in total. The Morgan fingerprint density at radius 3 is 2.72 bits per heavy atom. The van der Waals surface area contributed by atoms with Gasteiger partial charge in [0.05, 0.1) is 0 Å². The van der Waals surface area contributed by atoms with E-state index in [1.807, 2.05) is 6.92 Å². The van der Waals surface area contributed by atoms with Gasteiger partial charge in [-0.1, -0.05) is 6.92 Å². The van der Waals surface area contributed by atoms with Crippen LogP contribution in [-0.4, -0.2) is 47.7 Å². The summed E-state index contributed by atoms with van der Waals surface area (Å²) in [5.74, 6) is 0.213. The van der Waals surface area contributed by atoms with Crippen molar-refractivity contribution >= 4 is 5.97 Å². The summed E-state index contributed by atoms with van der Waals surface area (Å²) in [5.41, 5.74) is -0.723. The predicted molar refractivity (Wildman–Crippen MR) is 71.7 cm³/mol. The lowest BCUT2D eigenvalue weighted by Gasteiger charge is -2.31. The summed E-state index contributed by atoms with van der Waals surface area (Å²) in [6, 6.07) is 0.797. The molecule has 1 heterocycles. The normalized spacial score (nSPS) is 30.6. The molecule has 0 aromatic carbocycles. The van der Waals surface area contributed by atoms with E-state index in [0.29, 0.717) is 6.42 Å². The zero-order valence-electron chi connectivity index (χ0n) is 11.6. The molecule has 3 unspecified atom stereocenters. The molecule has 2 rings (SSSR count). The van der Waals surface area contributed by atoms with Gasteiger partial charge >= 0.3 is 5.97 Å². The van der Waals surface area contributed by atoms with Crippen LogP contribution in [0, 0.1) is 5.92 Å². The van der Waals surface area contributed by atoms with Crippen molar-refractivity contribution < 1.29 is 9.90 Å². The summed E-state index contributed by atoms with van der Waals surface area (Å²) in [6.45, 7) is 4.26. The second-order valence-electron chi connectivity index (χ2n) is 5.92. The minimum atomic E-state index is -0.723. The van der Waals surface area contributed by atoms with Gasteiger partial charge in [0.2, 0.25) is 0 Å². The van der Waals surface area contributed by atoms with Crippen molar-refractivity contribution in [2.75, 3.05) is 20.1 Å². The third-order valence-corrected chi connectivity index (χ3v) is 5.06. The van der Waals surface area contributed by atoms with E-state index in [4.69, 9.17) is 0 Å². The van der Waals surface area contributed by atoms with Crippen LogP contribution < -0.4 is 5.32 Å². The average Bonchev–Trinajstić information content (AvgIpc) is 2.96. The van der Waals surface area contributed by atoms with Gasteiger partial charge in [0.25, 0.3) is 0 Å². The van der Waals surface area contributed by atoms with E-state index in [1.54, 1.807) is 7.05 Å². The molecule has 104 valence electrons. The maximum Gasteiger partial charge on any atom is 0.323 e. The van der Waals surface area contributed by atoms with Crippen LogP contribution >= 0.6 is 0 Å². The topological polar surface area (TPSA) is 52.6 Å². The summed E-state index contributed by atoms with van der Waals surface area (Å²) in [7, 11) is 1.76. The Labute approximate surface area is 110 Å². The average molecular weight is 254 g/mol. The molecule has 0 radical (unpaired) electrons. The molecule has 2 aliphatic rings. The van der Waals surface area contributed by atoms with Gasteiger partial charge in [-0.05, 0) is 58.0 Å². The van der Waals surface area contributed by atoms with Crippen molar-refractivity contribution in [3.05, 3.63) is 0 Å². The van der Waals surface area contributed by atoms with Gasteiger partial charge in [0.15, 0.2) is 0 Å². The molecule has 4 heteroatoms. The highest BCUT2D eigenvalue weighted by Gasteiger charge is 2.38. The largest absolute Gasteiger partial charge is 0.480 e. The molecule has 0 aromatic heterocycles. The molecule has 0 amide bonds. The van der Waals surface area contributed by atoms with Gasteiger partial charge < -0.3 is 15.3 Å². The SMILES string of the molecule is CCC(CCCN1CC2CCC1C2)(NC)C(=O)O. The summed E-state index contributed by atoms with van der Waals surface area (Å²) >= 11 is 0. The quantitative estimate of drug-likeness (QED) is 0.726. The Balaban J connectivity index is 1.78. The van der Waals surface area contributed by atoms with Crippen LogP contribution in [0.2, 0.25) is 0 Å². The maximum absolute atomic E-state index is 11.4. The van der Waals surface area contributed by atoms with Gasteiger partial charge in [0, 0.05) is 12.6 Å². The molecule has 0 spiro atoms. The molecule has 18 heavy (non-hydrogen) atoms. The van der Waals surface area contributed by atoms with Crippen LogP contribution in [0.15, 0.2) is 0 Å². The first-order valence-corrected chi connectivity index (χ1v) is 7.27. The third kappa shape index (κ3) is 2.54. The lowest BCUT2D eigenvalue weighted by molar-refractivity contribution is -0.145. The first-order chi connectivity index (χ1) is 8.61. The fraction of sp³-hybridized carbons (Fsp3) is 0.929. The van der Waals surface area contributed by atoms with E-state index in [1.165, 1.54) is 25.8 Å². The number of fused-ring (bicyclic) bond motifs is 2. The number of carbonyl (C=O) groups is 1. The highest BCUT2D eigenvalue weighted by molar-refractivity contribution is 5.78. The second-order valence-corrected chi connectivity index (χ2v) is 5.92. The minimum Gasteiger partial charge on any atom is -0.480 e.